The summed E-state index contributed by atoms with van der Waals surface area (Å²) in [4.78, 5) is 50.7. The average molecular weight is 592 g/mol. The fourth-order valence-electron chi connectivity index (χ4n) is 6.16. The van der Waals surface area contributed by atoms with E-state index < -0.39 is 0 Å². The number of hydrogen-bond acceptors (Lipinski definition) is 7. The van der Waals surface area contributed by atoms with Gasteiger partial charge in [-0.15, -0.1) is 0 Å². The van der Waals surface area contributed by atoms with Crippen LogP contribution in [0.2, 0.25) is 0 Å². The molecule has 2 aliphatic heterocycles. The van der Waals surface area contributed by atoms with E-state index in [1.165, 1.54) is 12.8 Å². The molecule has 0 saturated carbocycles. The van der Waals surface area contributed by atoms with Crippen LogP contribution in [-0.2, 0) is 9.59 Å². The molecule has 11 nitrogen and oxygen atoms in total. The summed E-state index contributed by atoms with van der Waals surface area (Å²) in [6.07, 6.45) is 7.10. The Morgan fingerprint density at radius 3 is 1.52 bits per heavy atom. The van der Waals surface area contributed by atoms with Crippen LogP contribution in [0.1, 0.15) is 38.5 Å². The molecular weight excluding hydrogens is 554 g/mol. The van der Waals surface area contributed by atoms with Crippen molar-refractivity contribution in [2.75, 3.05) is 49.9 Å². The van der Waals surface area contributed by atoms with Crippen LogP contribution in [0.4, 0.5) is 11.4 Å². The van der Waals surface area contributed by atoms with Gasteiger partial charge in [-0.1, -0.05) is 18.9 Å². The topological polar surface area (TPSA) is 135 Å². The van der Waals surface area contributed by atoms with E-state index in [9.17, 15) is 9.59 Å². The SMILES string of the molecule is O=C(CN1CCCCC1)Nc1ccc2nc(-c3cccc(-c4nc5ccc(NC(=O)CN6CCCCC6)cc5[nH]4)n3)[nH]c2c1. The lowest BCUT2D eigenvalue weighted by Gasteiger charge is -2.25. The van der Waals surface area contributed by atoms with Crippen LogP contribution in [-0.4, -0.2) is 85.8 Å². The molecule has 0 spiro atoms. The summed E-state index contributed by atoms with van der Waals surface area (Å²) in [5.74, 6) is 1.26. The molecule has 5 aromatic rings. The van der Waals surface area contributed by atoms with Gasteiger partial charge >= 0.3 is 0 Å². The van der Waals surface area contributed by atoms with Gasteiger partial charge in [0.05, 0.1) is 35.2 Å². The van der Waals surface area contributed by atoms with Crippen molar-refractivity contribution in [2.45, 2.75) is 38.5 Å². The van der Waals surface area contributed by atoms with Crippen LogP contribution < -0.4 is 10.6 Å². The van der Waals surface area contributed by atoms with E-state index >= 15 is 0 Å². The molecule has 0 radical (unpaired) electrons. The maximum Gasteiger partial charge on any atom is 0.238 e. The van der Waals surface area contributed by atoms with Crippen molar-refractivity contribution in [3.63, 3.8) is 0 Å². The lowest BCUT2D eigenvalue weighted by atomic mass is 10.1. The first-order valence-electron chi connectivity index (χ1n) is 15.6. The average Bonchev–Trinajstić information content (AvgIpc) is 3.66. The van der Waals surface area contributed by atoms with E-state index in [4.69, 9.17) is 15.0 Å². The number of nitrogens with zero attached hydrogens (tertiary/aromatic N) is 5. The molecule has 0 bridgehead atoms. The zero-order chi connectivity index (χ0) is 29.9. The molecule has 4 N–H and O–H groups in total. The van der Waals surface area contributed by atoms with E-state index in [1.807, 2.05) is 54.6 Å². The van der Waals surface area contributed by atoms with Crippen LogP contribution in [0.25, 0.3) is 45.1 Å². The van der Waals surface area contributed by atoms with Crippen molar-refractivity contribution < 1.29 is 9.59 Å². The molecule has 44 heavy (non-hydrogen) atoms. The molecule has 2 aromatic carbocycles. The number of aromatic amines is 2. The predicted molar refractivity (Wildman–Crippen MR) is 172 cm³/mol. The molecule has 2 amide bonds. The highest BCUT2D eigenvalue weighted by Crippen LogP contribution is 2.26. The standard InChI is InChI=1S/C33H37N9O2/c43-30(20-41-14-3-1-4-15-41)34-22-10-12-24-28(18-22)39-32(37-24)26-8-7-9-27(36-26)33-38-25-13-11-23(19-29(25)40-33)35-31(44)21-42-16-5-2-6-17-42/h7-13,18-19H,1-6,14-17,20-21H2,(H,34,43)(H,35,44)(H,37,39)(H,38,40). The highest BCUT2D eigenvalue weighted by atomic mass is 16.2. The van der Waals surface area contributed by atoms with Crippen LogP contribution in [0.3, 0.4) is 0 Å². The second-order valence-electron chi connectivity index (χ2n) is 11.8. The first-order chi connectivity index (χ1) is 21.6. The van der Waals surface area contributed by atoms with E-state index in [0.29, 0.717) is 36.1 Å². The number of H-pyrrole nitrogens is 2. The molecule has 0 atom stereocenters. The lowest BCUT2D eigenvalue weighted by Crippen LogP contribution is -2.36. The van der Waals surface area contributed by atoms with E-state index in [-0.39, 0.29) is 11.8 Å². The molecule has 3 aromatic heterocycles. The summed E-state index contributed by atoms with van der Waals surface area (Å²) in [6, 6.07) is 17.1. The molecule has 2 fully saturated rings. The third kappa shape index (κ3) is 6.48. The van der Waals surface area contributed by atoms with Gasteiger partial charge in [0.2, 0.25) is 11.8 Å². The first-order valence-corrected chi connectivity index (χ1v) is 15.6. The molecular formula is C33H37N9O2. The molecule has 11 heteroatoms. The van der Waals surface area contributed by atoms with Gasteiger partial charge in [-0.25, -0.2) is 15.0 Å². The highest BCUT2D eigenvalue weighted by molar-refractivity contribution is 5.95. The van der Waals surface area contributed by atoms with Crippen molar-refractivity contribution in [2.24, 2.45) is 0 Å². The second-order valence-corrected chi connectivity index (χ2v) is 11.8. The van der Waals surface area contributed by atoms with Gasteiger partial charge in [-0.2, -0.15) is 0 Å². The van der Waals surface area contributed by atoms with Gasteiger partial charge in [-0.3, -0.25) is 19.4 Å². The summed E-state index contributed by atoms with van der Waals surface area (Å²) in [5.41, 5.74) is 6.06. The lowest BCUT2D eigenvalue weighted by molar-refractivity contribution is -0.118. The second kappa shape index (κ2) is 12.6. The van der Waals surface area contributed by atoms with Crippen LogP contribution in [0, 0.1) is 0 Å². The monoisotopic (exact) mass is 591 g/mol. The fraction of sp³-hybridized carbons (Fsp3) is 0.364. The number of hydrogen-bond donors (Lipinski definition) is 4. The Morgan fingerprint density at radius 1 is 0.614 bits per heavy atom. The van der Waals surface area contributed by atoms with Crippen molar-refractivity contribution in [1.29, 1.82) is 0 Å². The number of imidazole rings is 2. The summed E-state index contributed by atoms with van der Waals surface area (Å²) >= 11 is 0. The number of carbonyl (C=O) groups is 2. The van der Waals surface area contributed by atoms with Crippen LogP contribution in [0.15, 0.2) is 54.6 Å². The van der Waals surface area contributed by atoms with Crippen molar-refractivity contribution in [3.8, 4) is 23.0 Å². The Morgan fingerprint density at radius 2 is 1.07 bits per heavy atom. The predicted octanol–water partition coefficient (Wildman–Crippen LogP) is 5.02. The quantitative estimate of drug-likeness (QED) is 0.199. The zero-order valence-corrected chi connectivity index (χ0v) is 24.7. The molecule has 7 rings (SSSR count). The minimum Gasteiger partial charge on any atom is -0.337 e. The fourth-order valence-corrected chi connectivity index (χ4v) is 6.16. The summed E-state index contributed by atoms with van der Waals surface area (Å²) in [7, 11) is 0. The summed E-state index contributed by atoms with van der Waals surface area (Å²) in [6.45, 7) is 4.76. The largest absolute Gasteiger partial charge is 0.337 e. The maximum atomic E-state index is 12.6. The Balaban J connectivity index is 1.04. The van der Waals surface area contributed by atoms with Gasteiger partial charge < -0.3 is 20.6 Å². The Bertz CT molecular complexity index is 1670. The van der Waals surface area contributed by atoms with E-state index in [0.717, 1.165) is 85.3 Å². The maximum absolute atomic E-state index is 12.6. The minimum atomic E-state index is -0.00172. The molecule has 226 valence electrons. The number of aromatic nitrogens is 5. The molecule has 2 aliphatic rings. The smallest absolute Gasteiger partial charge is 0.238 e. The van der Waals surface area contributed by atoms with Crippen LogP contribution >= 0.6 is 0 Å². The number of pyridine rings is 1. The summed E-state index contributed by atoms with van der Waals surface area (Å²) in [5, 5.41) is 6.05. The number of nitrogens with one attached hydrogen (secondary N) is 4. The number of rotatable bonds is 8. The molecule has 2 saturated heterocycles. The van der Waals surface area contributed by atoms with Gasteiger partial charge in [-0.05, 0) is 100 Å². The minimum absolute atomic E-state index is 0.00172. The normalized spacial score (nSPS) is 16.4. The van der Waals surface area contributed by atoms with Gasteiger partial charge in [0.15, 0.2) is 11.6 Å². The third-order valence-electron chi connectivity index (χ3n) is 8.40. The van der Waals surface area contributed by atoms with Crippen LogP contribution in [0.5, 0.6) is 0 Å². The molecule has 0 aliphatic carbocycles. The number of benzene rings is 2. The number of likely N-dealkylation sites (tertiary alicyclic amines) is 2. The highest BCUT2D eigenvalue weighted by Gasteiger charge is 2.17. The van der Waals surface area contributed by atoms with E-state index in [1.54, 1.807) is 0 Å². The number of piperidine rings is 2. The Kier molecular flexibility index (Phi) is 8.04. The summed E-state index contributed by atoms with van der Waals surface area (Å²) < 4.78 is 0. The first kappa shape index (κ1) is 28.2. The van der Waals surface area contributed by atoms with E-state index in [2.05, 4.69) is 30.4 Å². The number of anilines is 2. The zero-order valence-electron chi connectivity index (χ0n) is 24.7. The number of carbonyl (C=O) groups excluding carboxylic acids is 2. The van der Waals surface area contributed by atoms with Crippen molar-refractivity contribution >= 4 is 45.3 Å². The molecule has 5 heterocycles. The third-order valence-corrected chi connectivity index (χ3v) is 8.40. The van der Waals surface area contributed by atoms with Crippen molar-refractivity contribution in [3.05, 3.63) is 54.6 Å². The number of amides is 2. The van der Waals surface area contributed by atoms with Crippen molar-refractivity contribution in [1.82, 2.24) is 34.7 Å². The van der Waals surface area contributed by atoms with Gasteiger partial charge in [0, 0.05) is 11.4 Å². The Hall–Kier alpha value is -4.61. The van der Waals surface area contributed by atoms with Gasteiger partial charge in [0.1, 0.15) is 11.4 Å². The number of fused-ring (bicyclic) bond motifs is 2. The van der Waals surface area contributed by atoms with Gasteiger partial charge in [0.25, 0.3) is 0 Å². The Labute approximate surface area is 255 Å². The molecule has 0 unspecified atom stereocenters.